The number of aryl methyl sites for hydroxylation is 1. The molecule has 0 bridgehead atoms. The zero-order chi connectivity index (χ0) is 16.4. The molecule has 0 aliphatic carbocycles. The van der Waals surface area contributed by atoms with Crippen LogP contribution in [0.5, 0.6) is 0 Å². The van der Waals surface area contributed by atoms with Crippen LogP contribution in [0, 0.1) is 0 Å². The van der Waals surface area contributed by atoms with Gasteiger partial charge in [0.15, 0.2) is 0 Å². The Morgan fingerprint density at radius 3 is 2.78 bits per heavy atom. The molecule has 23 heavy (non-hydrogen) atoms. The van der Waals surface area contributed by atoms with Gasteiger partial charge in [-0.2, -0.15) is 5.10 Å². The highest BCUT2D eigenvalue weighted by molar-refractivity contribution is 7.88. The molecule has 1 unspecified atom stereocenters. The predicted octanol–water partition coefficient (Wildman–Crippen LogP) is 1.50. The number of piperidine rings is 1. The molecule has 1 aliphatic heterocycles. The van der Waals surface area contributed by atoms with Gasteiger partial charge < -0.3 is 0 Å². The highest BCUT2D eigenvalue weighted by Gasteiger charge is 2.30. The Kier molecular flexibility index (Phi) is 4.45. The summed E-state index contributed by atoms with van der Waals surface area (Å²) < 4.78 is 27.1. The topological polar surface area (TPSA) is 81.0 Å². The molecule has 124 valence electrons. The van der Waals surface area contributed by atoms with Crippen molar-refractivity contribution in [2.24, 2.45) is 0 Å². The summed E-state index contributed by atoms with van der Waals surface area (Å²) in [6, 6.07) is 1.92. The molecule has 1 aliphatic rings. The van der Waals surface area contributed by atoms with Crippen molar-refractivity contribution in [3.63, 3.8) is 0 Å². The van der Waals surface area contributed by atoms with E-state index in [0.29, 0.717) is 13.1 Å². The van der Waals surface area contributed by atoms with Crippen molar-refractivity contribution in [3.05, 3.63) is 30.4 Å². The molecule has 1 saturated heterocycles. The quantitative estimate of drug-likeness (QED) is 0.846. The first kappa shape index (κ1) is 16.1. The first-order chi connectivity index (χ1) is 11.0. The molecule has 3 rings (SSSR count). The fourth-order valence-electron chi connectivity index (χ4n) is 3.10. The summed E-state index contributed by atoms with van der Waals surface area (Å²) >= 11 is 0. The number of rotatable bonds is 4. The minimum Gasteiger partial charge on any atom is -0.264 e. The van der Waals surface area contributed by atoms with E-state index < -0.39 is 10.0 Å². The lowest BCUT2D eigenvalue weighted by Gasteiger charge is -2.31. The highest BCUT2D eigenvalue weighted by atomic mass is 32.2. The van der Waals surface area contributed by atoms with Crippen molar-refractivity contribution < 1.29 is 8.42 Å². The second-order valence-corrected chi connectivity index (χ2v) is 7.76. The number of nitrogens with zero attached hydrogens (tertiary/aromatic N) is 5. The van der Waals surface area contributed by atoms with Crippen LogP contribution in [0.15, 0.2) is 24.7 Å². The van der Waals surface area contributed by atoms with Crippen LogP contribution in [0.2, 0.25) is 0 Å². The predicted molar refractivity (Wildman–Crippen MR) is 87.3 cm³/mol. The lowest BCUT2D eigenvalue weighted by Crippen LogP contribution is -2.38. The van der Waals surface area contributed by atoms with Gasteiger partial charge in [0.25, 0.3) is 0 Å². The van der Waals surface area contributed by atoms with E-state index in [4.69, 9.17) is 0 Å². The third-order valence-corrected chi connectivity index (χ3v) is 5.49. The van der Waals surface area contributed by atoms with Crippen LogP contribution in [-0.4, -0.2) is 51.8 Å². The molecule has 1 fully saturated rings. The van der Waals surface area contributed by atoms with Gasteiger partial charge in [0, 0.05) is 44.1 Å². The minimum absolute atomic E-state index is 0.0578. The zero-order valence-electron chi connectivity index (χ0n) is 13.4. The second-order valence-electron chi connectivity index (χ2n) is 5.78. The van der Waals surface area contributed by atoms with Crippen LogP contribution in [0.4, 0.5) is 0 Å². The molecule has 0 radical (unpaired) electrons. The fraction of sp³-hybridized carbons (Fsp3) is 0.533. The first-order valence-corrected chi connectivity index (χ1v) is 9.63. The first-order valence-electron chi connectivity index (χ1n) is 7.79. The average molecular weight is 335 g/mol. The van der Waals surface area contributed by atoms with Crippen molar-refractivity contribution in [2.75, 3.05) is 19.3 Å². The Hall–Kier alpha value is -1.80. The van der Waals surface area contributed by atoms with Crippen molar-refractivity contribution in [1.82, 2.24) is 24.1 Å². The van der Waals surface area contributed by atoms with E-state index in [9.17, 15) is 8.42 Å². The van der Waals surface area contributed by atoms with Gasteiger partial charge in [-0.25, -0.2) is 12.7 Å². The van der Waals surface area contributed by atoms with E-state index in [-0.39, 0.29) is 5.92 Å². The van der Waals surface area contributed by atoms with Crippen LogP contribution in [-0.2, 0) is 16.6 Å². The van der Waals surface area contributed by atoms with Gasteiger partial charge in [0.2, 0.25) is 10.0 Å². The highest BCUT2D eigenvalue weighted by Crippen LogP contribution is 2.32. The maximum Gasteiger partial charge on any atom is 0.211 e. The van der Waals surface area contributed by atoms with Gasteiger partial charge in [0.1, 0.15) is 5.69 Å². The van der Waals surface area contributed by atoms with E-state index in [1.54, 1.807) is 18.6 Å². The summed E-state index contributed by atoms with van der Waals surface area (Å²) in [4.78, 5) is 9.03. The lowest BCUT2D eigenvalue weighted by molar-refractivity contribution is 0.314. The molecule has 8 heteroatoms. The normalized spacial score (nSPS) is 19.8. The van der Waals surface area contributed by atoms with Gasteiger partial charge in [-0.05, 0) is 25.8 Å². The molecule has 2 aromatic heterocycles. The summed E-state index contributed by atoms with van der Waals surface area (Å²) in [5, 5.41) is 4.29. The van der Waals surface area contributed by atoms with Gasteiger partial charge in [-0.15, -0.1) is 0 Å². The van der Waals surface area contributed by atoms with Crippen LogP contribution < -0.4 is 0 Å². The summed E-state index contributed by atoms with van der Waals surface area (Å²) in [5.41, 5.74) is 2.58. The smallest absolute Gasteiger partial charge is 0.211 e. The van der Waals surface area contributed by atoms with Crippen molar-refractivity contribution in [3.8, 4) is 11.4 Å². The molecule has 0 amide bonds. The molecule has 0 spiro atoms. The van der Waals surface area contributed by atoms with Crippen molar-refractivity contribution in [1.29, 1.82) is 0 Å². The molecule has 0 aromatic carbocycles. The van der Waals surface area contributed by atoms with E-state index in [2.05, 4.69) is 15.1 Å². The molecular weight excluding hydrogens is 314 g/mol. The Morgan fingerprint density at radius 1 is 1.26 bits per heavy atom. The van der Waals surface area contributed by atoms with Gasteiger partial charge in [-0.1, -0.05) is 0 Å². The second kappa shape index (κ2) is 6.37. The average Bonchev–Trinajstić information content (AvgIpc) is 3.02. The lowest BCUT2D eigenvalue weighted by atomic mass is 9.93. The monoisotopic (exact) mass is 335 g/mol. The Morgan fingerprint density at radius 2 is 2.04 bits per heavy atom. The Bertz CT molecular complexity index is 787. The van der Waals surface area contributed by atoms with Crippen molar-refractivity contribution in [2.45, 2.75) is 32.2 Å². The number of hydrogen-bond acceptors (Lipinski definition) is 5. The maximum atomic E-state index is 11.9. The molecule has 0 saturated carbocycles. The summed E-state index contributed by atoms with van der Waals surface area (Å²) in [5.74, 6) is 0.0578. The zero-order valence-corrected chi connectivity index (χ0v) is 14.2. The van der Waals surface area contributed by atoms with Gasteiger partial charge in [-0.3, -0.25) is 14.6 Å². The van der Waals surface area contributed by atoms with Crippen molar-refractivity contribution >= 4 is 10.0 Å². The van der Waals surface area contributed by atoms with E-state index >= 15 is 0 Å². The van der Waals surface area contributed by atoms with Crippen LogP contribution in [0.25, 0.3) is 11.4 Å². The van der Waals surface area contributed by atoms with Crippen LogP contribution in [0.1, 0.15) is 31.4 Å². The molecular formula is C15H21N5O2S. The number of aromatic nitrogens is 4. The molecule has 1 atom stereocenters. The Labute approximate surface area is 136 Å². The number of hydrogen-bond donors (Lipinski definition) is 0. The van der Waals surface area contributed by atoms with E-state index in [1.807, 2.05) is 17.7 Å². The standard InChI is InChI=1S/C15H21N5O2S/c1-3-20-13(6-7-18-20)15-14(16-8-9-17-15)12-5-4-10-19(11-12)23(2,21)22/h6-9,12H,3-5,10-11H2,1-2H3. The minimum atomic E-state index is -3.18. The third kappa shape index (κ3) is 3.28. The SMILES string of the molecule is CCn1nccc1-c1nccnc1C1CCCN(S(C)(=O)=O)C1. The number of sulfonamides is 1. The Balaban J connectivity index is 1.98. The van der Waals surface area contributed by atoms with Gasteiger partial charge in [0.05, 0.1) is 17.6 Å². The molecule has 3 heterocycles. The van der Waals surface area contributed by atoms with Crippen LogP contribution >= 0.6 is 0 Å². The third-order valence-electron chi connectivity index (χ3n) is 4.23. The maximum absolute atomic E-state index is 11.9. The van der Waals surface area contributed by atoms with Gasteiger partial charge >= 0.3 is 0 Å². The van der Waals surface area contributed by atoms with Crippen LogP contribution in [0.3, 0.4) is 0 Å². The molecule has 2 aromatic rings. The fourth-order valence-corrected chi connectivity index (χ4v) is 4.01. The van der Waals surface area contributed by atoms with E-state index in [1.165, 1.54) is 10.6 Å². The summed E-state index contributed by atoms with van der Waals surface area (Å²) in [7, 11) is -3.18. The van der Waals surface area contributed by atoms with E-state index in [0.717, 1.165) is 36.5 Å². The largest absolute Gasteiger partial charge is 0.264 e. The summed E-state index contributed by atoms with van der Waals surface area (Å²) in [6.45, 7) is 3.82. The molecule has 0 N–H and O–H groups in total. The molecule has 7 nitrogen and oxygen atoms in total. The summed E-state index contributed by atoms with van der Waals surface area (Å²) in [6.07, 6.45) is 8.10.